The van der Waals surface area contributed by atoms with Crippen molar-refractivity contribution in [2.45, 2.75) is 31.2 Å². The highest BCUT2D eigenvalue weighted by Gasteiger charge is 2.44. The molecule has 1 saturated carbocycles. The number of hydrogen-bond donors (Lipinski definition) is 0. The summed E-state index contributed by atoms with van der Waals surface area (Å²) < 4.78 is 6.47. The van der Waals surface area contributed by atoms with Crippen LogP contribution in [0.2, 0.25) is 5.15 Å². The molecular formula is C13H15ClN4O2S. The third-order valence-corrected chi connectivity index (χ3v) is 5.65. The van der Waals surface area contributed by atoms with Crippen LogP contribution in [0, 0.1) is 12.3 Å². The number of aromatic nitrogens is 4. The van der Waals surface area contributed by atoms with Gasteiger partial charge in [0.05, 0.1) is 13.5 Å². The fourth-order valence-electron chi connectivity index (χ4n) is 2.19. The summed E-state index contributed by atoms with van der Waals surface area (Å²) in [4.78, 5) is 19.7. The van der Waals surface area contributed by atoms with E-state index < -0.39 is 0 Å². The minimum Gasteiger partial charge on any atom is -0.469 e. The van der Waals surface area contributed by atoms with Gasteiger partial charge >= 0.3 is 5.97 Å². The standard InChI is InChI=1S/C13H15ClN4O2S/c1-8-10(14)17-12-15-7-16-18(12)11(8)21-6-13(3-4-13)5-9(19)20-2/h7H,3-6H2,1-2H3. The number of halogens is 1. The van der Waals surface area contributed by atoms with E-state index in [1.807, 2.05) is 6.92 Å². The molecule has 0 bridgehead atoms. The van der Waals surface area contributed by atoms with Crippen LogP contribution in [0.5, 0.6) is 0 Å². The van der Waals surface area contributed by atoms with E-state index in [1.165, 1.54) is 13.4 Å². The zero-order chi connectivity index (χ0) is 15.0. The number of fused-ring (bicyclic) bond motifs is 1. The molecule has 8 heteroatoms. The Balaban J connectivity index is 1.81. The summed E-state index contributed by atoms with van der Waals surface area (Å²) in [6, 6.07) is 0. The topological polar surface area (TPSA) is 69.4 Å². The zero-order valence-electron chi connectivity index (χ0n) is 11.8. The SMILES string of the molecule is COC(=O)CC1(CSc2c(C)c(Cl)nc3ncnn23)CC1. The number of thioether (sulfide) groups is 1. The highest BCUT2D eigenvalue weighted by molar-refractivity contribution is 7.99. The first-order valence-electron chi connectivity index (χ1n) is 6.60. The molecule has 0 amide bonds. The van der Waals surface area contributed by atoms with Crippen molar-refractivity contribution in [1.29, 1.82) is 0 Å². The Hall–Kier alpha value is -1.34. The van der Waals surface area contributed by atoms with Crippen LogP contribution in [0.3, 0.4) is 0 Å². The van der Waals surface area contributed by atoms with Crippen LogP contribution in [0.25, 0.3) is 5.78 Å². The number of nitrogens with zero attached hydrogens (tertiary/aromatic N) is 4. The van der Waals surface area contributed by atoms with Gasteiger partial charge in [0.25, 0.3) is 5.78 Å². The van der Waals surface area contributed by atoms with E-state index in [2.05, 4.69) is 15.1 Å². The van der Waals surface area contributed by atoms with Gasteiger partial charge in [-0.1, -0.05) is 11.6 Å². The van der Waals surface area contributed by atoms with Crippen molar-refractivity contribution in [3.05, 3.63) is 17.0 Å². The molecule has 0 aromatic carbocycles. The second-order valence-corrected chi connectivity index (χ2v) is 6.67. The van der Waals surface area contributed by atoms with Gasteiger partial charge in [-0.3, -0.25) is 4.79 Å². The van der Waals surface area contributed by atoms with Gasteiger partial charge in [0.1, 0.15) is 16.5 Å². The molecule has 0 unspecified atom stereocenters. The number of ether oxygens (including phenoxy) is 1. The summed E-state index contributed by atoms with van der Waals surface area (Å²) in [6.45, 7) is 1.92. The molecule has 0 spiro atoms. The average molecular weight is 327 g/mol. The Bertz CT molecular complexity index is 699. The van der Waals surface area contributed by atoms with Crippen LogP contribution < -0.4 is 0 Å². The number of rotatable bonds is 5. The number of esters is 1. The second kappa shape index (κ2) is 5.46. The van der Waals surface area contributed by atoms with E-state index in [1.54, 1.807) is 16.3 Å². The molecule has 0 N–H and O–H groups in total. The molecule has 1 fully saturated rings. The van der Waals surface area contributed by atoms with Crippen LogP contribution in [-0.2, 0) is 9.53 Å². The monoisotopic (exact) mass is 326 g/mol. The number of hydrogen-bond acceptors (Lipinski definition) is 6. The molecule has 0 saturated heterocycles. The summed E-state index contributed by atoms with van der Waals surface area (Å²) in [7, 11) is 1.43. The normalized spacial score (nSPS) is 16.1. The molecule has 6 nitrogen and oxygen atoms in total. The van der Waals surface area contributed by atoms with Crippen molar-refractivity contribution in [1.82, 2.24) is 19.6 Å². The maximum Gasteiger partial charge on any atom is 0.306 e. The fourth-order valence-corrected chi connectivity index (χ4v) is 3.81. The lowest BCUT2D eigenvalue weighted by Gasteiger charge is -2.14. The fraction of sp³-hybridized carbons (Fsp3) is 0.538. The molecule has 112 valence electrons. The molecule has 0 aliphatic heterocycles. The van der Waals surface area contributed by atoms with Crippen molar-refractivity contribution in [2.24, 2.45) is 5.41 Å². The Labute approximate surface area is 131 Å². The lowest BCUT2D eigenvalue weighted by molar-refractivity contribution is -0.141. The van der Waals surface area contributed by atoms with Gasteiger partial charge in [-0.15, -0.1) is 11.8 Å². The maximum atomic E-state index is 11.5. The van der Waals surface area contributed by atoms with Crippen molar-refractivity contribution >= 4 is 35.1 Å². The Morgan fingerprint density at radius 1 is 1.57 bits per heavy atom. The Morgan fingerprint density at radius 2 is 2.33 bits per heavy atom. The van der Waals surface area contributed by atoms with Gasteiger partial charge in [-0.25, -0.2) is 0 Å². The largest absolute Gasteiger partial charge is 0.469 e. The lowest BCUT2D eigenvalue weighted by Crippen LogP contribution is -2.13. The molecule has 2 heterocycles. The predicted octanol–water partition coefficient (Wildman–Crippen LogP) is 2.52. The highest BCUT2D eigenvalue weighted by Crippen LogP contribution is 2.52. The van der Waals surface area contributed by atoms with Gasteiger partial charge in [0.15, 0.2) is 0 Å². The second-order valence-electron chi connectivity index (χ2n) is 5.35. The lowest BCUT2D eigenvalue weighted by atomic mass is 10.1. The van der Waals surface area contributed by atoms with Crippen molar-refractivity contribution in [2.75, 3.05) is 12.9 Å². The van der Waals surface area contributed by atoms with Gasteiger partial charge in [0, 0.05) is 11.3 Å². The van der Waals surface area contributed by atoms with Crippen molar-refractivity contribution in [3.63, 3.8) is 0 Å². The van der Waals surface area contributed by atoms with E-state index in [4.69, 9.17) is 16.3 Å². The van der Waals surface area contributed by atoms with Gasteiger partial charge in [-0.2, -0.15) is 19.6 Å². The van der Waals surface area contributed by atoms with Crippen molar-refractivity contribution < 1.29 is 9.53 Å². The Kier molecular flexibility index (Phi) is 3.79. The first-order valence-corrected chi connectivity index (χ1v) is 7.96. The first-order chi connectivity index (χ1) is 10.0. The summed E-state index contributed by atoms with van der Waals surface area (Å²) in [5, 5.41) is 5.56. The van der Waals surface area contributed by atoms with E-state index in [0.29, 0.717) is 17.4 Å². The van der Waals surface area contributed by atoms with Gasteiger partial charge < -0.3 is 4.74 Å². The van der Waals surface area contributed by atoms with Crippen LogP contribution >= 0.6 is 23.4 Å². The van der Waals surface area contributed by atoms with Crippen molar-refractivity contribution in [3.8, 4) is 0 Å². The summed E-state index contributed by atoms with van der Waals surface area (Å²) in [6.07, 6.45) is 4.03. The number of methoxy groups -OCH3 is 1. The molecule has 0 atom stereocenters. The third kappa shape index (κ3) is 2.85. The van der Waals surface area contributed by atoms with E-state index >= 15 is 0 Å². The van der Waals surface area contributed by atoms with Crippen LogP contribution in [-0.4, -0.2) is 38.4 Å². The van der Waals surface area contributed by atoms with E-state index in [9.17, 15) is 4.79 Å². The number of carbonyl (C=O) groups excluding carboxylic acids is 1. The summed E-state index contributed by atoms with van der Waals surface area (Å²) in [5.74, 6) is 1.17. The molecule has 2 aromatic rings. The third-order valence-electron chi connectivity index (χ3n) is 3.77. The molecule has 1 aliphatic carbocycles. The van der Waals surface area contributed by atoms with Gasteiger partial charge in [-0.05, 0) is 25.2 Å². The Morgan fingerprint density at radius 3 is 3.00 bits per heavy atom. The molecule has 2 aromatic heterocycles. The maximum absolute atomic E-state index is 11.5. The minimum atomic E-state index is -0.150. The van der Waals surface area contributed by atoms with Crippen LogP contribution in [0.15, 0.2) is 11.4 Å². The highest BCUT2D eigenvalue weighted by atomic mass is 35.5. The average Bonchev–Trinajstić information content (AvgIpc) is 3.06. The molecule has 3 rings (SSSR count). The number of carbonyl (C=O) groups is 1. The van der Waals surface area contributed by atoms with E-state index in [-0.39, 0.29) is 11.4 Å². The summed E-state index contributed by atoms with van der Waals surface area (Å²) >= 11 is 7.79. The smallest absolute Gasteiger partial charge is 0.306 e. The zero-order valence-corrected chi connectivity index (χ0v) is 13.4. The molecule has 1 aliphatic rings. The summed E-state index contributed by atoms with van der Waals surface area (Å²) in [5.41, 5.74) is 0.931. The van der Waals surface area contributed by atoms with E-state index in [0.717, 1.165) is 29.2 Å². The first kappa shape index (κ1) is 14.6. The van der Waals surface area contributed by atoms with Crippen LogP contribution in [0.4, 0.5) is 0 Å². The van der Waals surface area contributed by atoms with Crippen LogP contribution in [0.1, 0.15) is 24.8 Å². The van der Waals surface area contributed by atoms with Gasteiger partial charge in [0.2, 0.25) is 0 Å². The minimum absolute atomic E-state index is 0.0485. The molecule has 21 heavy (non-hydrogen) atoms. The quantitative estimate of drug-likeness (QED) is 0.478. The molecule has 0 radical (unpaired) electrons. The predicted molar refractivity (Wildman–Crippen MR) is 79.6 cm³/mol. The molecular weight excluding hydrogens is 312 g/mol.